The third-order valence-corrected chi connectivity index (χ3v) is 18.9. The lowest BCUT2D eigenvalue weighted by Crippen LogP contribution is -2.56. The van der Waals surface area contributed by atoms with Gasteiger partial charge in [0.05, 0.1) is 33.5 Å². The van der Waals surface area contributed by atoms with E-state index in [4.69, 9.17) is 28.0 Å². The van der Waals surface area contributed by atoms with Crippen molar-refractivity contribution in [2.75, 3.05) is 27.4 Å². The number of rotatable bonds is 20. The zero-order chi connectivity index (χ0) is 46.1. The van der Waals surface area contributed by atoms with Crippen LogP contribution >= 0.6 is 8.53 Å². The van der Waals surface area contributed by atoms with E-state index in [1.807, 2.05) is 66.7 Å². The fraction of sp³-hybridized carbons (Fsp3) is 0.346. The van der Waals surface area contributed by atoms with Crippen LogP contribution in [-0.2, 0) is 24.1 Å². The number of methoxy groups -OCH3 is 2. The minimum atomic E-state index is -2.25. The van der Waals surface area contributed by atoms with Crippen molar-refractivity contribution in [2.45, 2.75) is 89.8 Å². The van der Waals surface area contributed by atoms with E-state index in [-0.39, 0.29) is 18.7 Å². The Morgan fingerprint density at radius 2 is 1.25 bits per heavy atom. The standard InChI is InChI=1S/C52H62N3O8PSi/c1-37(2)55(38(3)4)64(61-32-33-65(8,45-20-14-10-15-21-45)46-22-16-11-17-23-46)63-47-34-49(54-35-39(5)50(56)53-51(54)57)62-48(47)36-60-52(40-18-12-9-13-19-40,41-24-28-43(58-6)29-25-41)42-26-30-44(59-7)31-27-42/h9-31,35,37-38,47-49H,32-34,36H2,1-8H3,(H,53,56,57)/t47-,48+,49+,64?/m0/s1. The van der Waals surface area contributed by atoms with Gasteiger partial charge in [-0.2, -0.15) is 0 Å². The summed E-state index contributed by atoms with van der Waals surface area (Å²) in [5.74, 6) is 1.43. The highest BCUT2D eigenvalue weighted by atomic mass is 31.2. The SMILES string of the molecule is COc1ccc(C(OC[C@H]2O[C@@H](n3cc(C)c(=O)[nH]c3=O)C[C@@H]2OP(OCC[Si](C)(c2ccccc2)c2ccccc2)N(C(C)C)C(C)C)(c2ccccc2)c2ccc(OC)cc2)cc1. The van der Waals surface area contributed by atoms with Crippen molar-refractivity contribution in [3.8, 4) is 11.5 Å². The van der Waals surface area contributed by atoms with Gasteiger partial charge < -0.3 is 28.0 Å². The molecule has 1 unspecified atom stereocenters. The molecule has 65 heavy (non-hydrogen) atoms. The summed E-state index contributed by atoms with van der Waals surface area (Å²) in [4.78, 5) is 28.5. The highest BCUT2D eigenvalue weighted by molar-refractivity contribution is 7.44. The van der Waals surface area contributed by atoms with Crippen LogP contribution in [0.4, 0.5) is 0 Å². The Hall–Kier alpha value is -5.17. The number of hydrogen-bond donors (Lipinski definition) is 1. The second-order valence-corrected chi connectivity index (χ2v) is 23.0. The fourth-order valence-electron chi connectivity index (χ4n) is 8.85. The molecule has 6 aromatic rings. The molecular formula is C52H62N3O8PSi. The molecule has 0 amide bonds. The molecule has 0 radical (unpaired) electrons. The van der Waals surface area contributed by atoms with E-state index < -0.39 is 51.9 Å². The Bertz CT molecular complexity index is 2450. The second-order valence-electron chi connectivity index (χ2n) is 17.3. The number of ether oxygens (including phenoxy) is 4. The number of aromatic nitrogens is 2. The molecule has 1 aromatic heterocycles. The van der Waals surface area contributed by atoms with E-state index in [2.05, 4.69) is 117 Å². The average molecular weight is 916 g/mol. The Kier molecular flexibility index (Phi) is 15.7. The molecule has 1 aliphatic heterocycles. The Morgan fingerprint density at radius 1 is 0.754 bits per heavy atom. The molecule has 1 saturated heterocycles. The van der Waals surface area contributed by atoms with Crippen LogP contribution in [-0.4, -0.2) is 74.0 Å². The summed E-state index contributed by atoms with van der Waals surface area (Å²) in [6.07, 6.45) is -0.170. The summed E-state index contributed by atoms with van der Waals surface area (Å²) in [5, 5.41) is 2.68. The Balaban J connectivity index is 1.27. The molecule has 2 heterocycles. The molecule has 342 valence electrons. The van der Waals surface area contributed by atoms with Crippen LogP contribution in [0.3, 0.4) is 0 Å². The van der Waals surface area contributed by atoms with Crippen LogP contribution in [0, 0.1) is 6.92 Å². The van der Waals surface area contributed by atoms with Gasteiger partial charge in [0.1, 0.15) is 37.5 Å². The first-order valence-corrected chi connectivity index (χ1v) is 26.2. The summed E-state index contributed by atoms with van der Waals surface area (Å²) in [6, 6.07) is 48.4. The van der Waals surface area contributed by atoms with Gasteiger partial charge in [0.15, 0.2) is 0 Å². The number of aromatic amines is 1. The van der Waals surface area contributed by atoms with Crippen LogP contribution in [0.25, 0.3) is 0 Å². The van der Waals surface area contributed by atoms with Crippen LogP contribution in [0.1, 0.15) is 62.6 Å². The molecule has 1 fully saturated rings. The first-order valence-electron chi connectivity index (χ1n) is 22.3. The predicted octanol–water partition coefficient (Wildman–Crippen LogP) is 8.80. The third kappa shape index (κ3) is 10.6. The van der Waals surface area contributed by atoms with Crippen molar-refractivity contribution in [1.29, 1.82) is 0 Å². The molecule has 0 saturated carbocycles. The lowest BCUT2D eigenvalue weighted by Gasteiger charge is -2.39. The van der Waals surface area contributed by atoms with Crippen molar-refractivity contribution >= 4 is 27.0 Å². The highest BCUT2D eigenvalue weighted by Gasteiger charge is 2.45. The van der Waals surface area contributed by atoms with Crippen LogP contribution in [0.2, 0.25) is 12.6 Å². The normalized spacial score (nSPS) is 17.2. The van der Waals surface area contributed by atoms with Gasteiger partial charge in [0.25, 0.3) is 14.1 Å². The van der Waals surface area contributed by atoms with Crippen molar-refractivity contribution in [2.24, 2.45) is 0 Å². The summed E-state index contributed by atoms with van der Waals surface area (Å²) in [5.41, 5.74) is 0.903. The van der Waals surface area contributed by atoms with Crippen molar-refractivity contribution in [3.63, 3.8) is 0 Å². The Labute approximate surface area is 385 Å². The number of benzene rings is 5. The van der Waals surface area contributed by atoms with Gasteiger partial charge >= 0.3 is 5.69 Å². The first kappa shape index (κ1) is 47.8. The van der Waals surface area contributed by atoms with Crippen molar-refractivity contribution < 1.29 is 28.0 Å². The minimum Gasteiger partial charge on any atom is -0.497 e. The largest absolute Gasteiger partial charge is 0.497 e. The molecule has 0 spiro atoms. The predicted molar refractivity (Wildman–Crippen MR) is 261 cm³/mol. The molecule has 0 aliphatic carbocycles. The van der Waals surface area contributed by atoms with Gasteiger partial charge in [-0.3, -0.25) is 14.3 Å². The maximum atomic E-state index is 13.5. The van der Waals surface area contributed by atoms with E-state index in [9.17, 15) is 9.59 Å². The molecule has 13 heteroatoms. The van der Waals surface area contributed by atoms with Gasteiger partial charge in [-0.25, -0.2) is 9.46 Å². The lowest BCUT2D eigenvalue weighted by atomic mass is 9.80. The third-order valence-electron chi connectivity index (χ3n) is 12.4. The summed E-state index contributed by atoms with van der Waals surface area (Å²) >= 11 is 0. The van der Waals surface area contributed by atoms with Gasteiger partial charge in [-0.15, -0.1) is 0 Å². The van der Waals surface area contributed by atoms with E-state index in [1.54, 1.807) is 27.3 Å². The molecule has 11 nitrogen and oxygen atoms in total. The molecule has 7 rings (SSSR count). The van der Waals surface area contributed by atoms with Crippen molar-refractivity contribution in [1.82, 2.24) is 14.2 Å². The molecular weight excluding hydrogens is 854 g/mol. The summed E-state index contributed by atoms with van der Waals surface area (Å²) in [6.45, 7) is 13.2. The van der Waals surface area contributed by atoms with Gasteiger partial charge in [-0.05, 0) is 81.6 Å². The molecule has 1 N–H and O–H groups in total. The van der Waals surface area contributed by atoms with E-state index in [0.29, 0.717) is 30.1 Å². The molecule has 1 aliphatic rings. The number of nitrogens with one attached hydrogen (secondary N) is 1. The van der Waals surface area contributed by atoms with Crippen LogP contribution < -0.4 is 31.1 Å². The summed E-state index contributed by atoms with van der Waals surface area (Å²) in [7, 11) is -0.625. The smallest absolute Gasteiger partial charge is 0.330 e. The Morgan fingerprint density at radius 3 is 1.74 bits per heavy atom. The van der Waals surface area contributed by atoms with E-state index in [1.165, 1.54) is 14.9 Å². The zero-order valence-electron chi connectivity index (χ0n) is 38.7. The molecule has 0 bridgehead atoms. The fourth-order valence-corrected chi connectivity index (χ4v) is 14.1. The van der Waals surface area contributed by atoms with E-state index >= 15 is 0 Å². The van der Waals surface area contributed by atoms with Gasteiger partial charge in [0.2, 0.25) is 0 Å². The average Bonchev–Trinajstić information content (AvgIpc) is 3.73. The van der Waals surface area contributed by atoms with Gasteiger partial charge in [0, 0.05) is 30.3 Å². The van der Waals surface area contributed by atoms with Crippen molar-refractivity contribution in [3.05, 3.63) is 189 Å². The topological polar surface area (TPSA) is 113 Å². The lowest BCUT2D eigenvalue weighted by molar-refractivity contribution is -0.0925. The summed E-state index contributed by atoms with van der Waals surface area (Å²) < 4.78 is 43.5. The monoisotopic (exact) mass is 915 g/mol. The quantitative estimate of drug-likeness (QED) is 0.0456. The molecule has 5 aromatic carbocycles. The maximum absolute atomic E-state index is 13.5. The first-order chi connectivity index (χ1) is 31.4. The van der Waals surface area contributed by atoms with E-state index in [0.717, 1.165) is 22.7 Å². The second kappa shape index (κ2) is 21.4. The number of aryl methyl sites for hydroxylation is 1. The van der Waals surface area contributed by atoms with Crippen LogP contribution in [0.15, 0.2) is 155 Å². The minimum absolute atomic E-state index is 0.0603. The van der Waals surface area contributed by atoms with Crippen LogP contribution in [0.5, 0.6) is 11.5 Å². The number of nitrogens with zero attached hydrogens (tertiary/aromatic N) is 2. The van der Waals surface area contributed by atoms with Gasteiger partial charge in [-0.1, -0.05) is 132 Å². The molecule has 4 atom stereocenters. The zero-order valence-corrected chi connectivity index (χ0v) is 40.6. The maximum Gasteiger partial charge on any atom is 0.330 e. The number of hydrogen-bond acceptors (Lipinski definition) is 9. The highest BCUT2D eigenvalue weighted by Crippen LogP contribution is 2.51. The number of H-pyrrole nitrogens is 1.